The molecule has 0 aromatic carbocycles. The summed E-state index contributed by atoms with van der Waals surface area (Å²) in [6.45, 7) is 0.756. The van der Waals surface area contributed by atoms with Gasteiger partial charge in [0.25, 0.3) is 5.56 Å². The number of rotatable bonds is 2. The zero-order chi connectivity index (χ0) is 13.0. The largest absolute Gasteiger partial charge is 0.332 e. The number of imidazole rings is 1. The number of aromatic amines is 1. The van der Waals surface area contributed by atoms with E-state index in [4.69, 9.17) is 12.2 Å². The van der Waals surface area contributed by atoms with Gasteiger partial charge in [-0.1, -0.05) is 0 Å². The standard InChI is InChI=1S/C11H14N4O2S/c1-13-8-7(9(16)14(2)11(13)17)15(10(18)12-8)5-6-3-4-6/h6H,3-5H2,1-2H3,(H,12,18). The molecule has 1 aliphatic carbocycles. The van der Waals surface area contributed by atoms with Gasteiger partial charge in [-0.15, -0.1) is 0 Å². The van der Waals surface area contributed by atoms with Crippen molar-refractivity contribution in [3.8, 4) is 0 Å². The number of aryl methyl sites for hydroxylation is 1. The van der Waals surface area contributed by atoms with Crippen molar-refractivity contribution in [1.29, 1.82) is 0 Å². The first-order chi connectivity index (χ1) is 8.50. The second-order valence-electron chi connectivity index (χ2n) is 4.89. The lowest BCUT2D eigenvalue weighted by Gasteiger charge is -2.05. The molecule has 7 heteroatoms. The van der Waals surface area contributed by atoms with Crippen LogP contribution in [-0.2, 0) is 20.6 Å². The van der Waals surface area contributed by atoms with Gasteiger partial charge in [-0.25, -0.2) is 4.79 Å². The zero-order valence-electron chi connectivity index (χ0n) is 10.3. The molecule has 0 atom stereocenters. The molecule has 0 spiro atoms. The van der Waals surface area contributed by atoms with Crippen molar-refractivity contribution in [2.45, 2.75) is 19.4 Å². The topological polar surface area (TPSA) is 64.7 Å². The van der Waals surface area contributed by atoms with Crippen molar-refractivity contribution in [2.75, 3.05) is 0 Å². The van der Waals surface area contributed by atoms with Gasteiger partial charge in [0.05, 0.1) is 0 Å². The van der Waals surface area contributed by atoms with Gasteiger partial charge in [0, 0.05) is 20.6 Å². The van der Waals surface area contributed by atoms with Gasteiger partial charge in [-0.3, -0.25) is 13.9 Å². The smallest absolute Gasteiger partial charge is 0.316 e. The van der Waals surface area contributed by atoms with Gasteiger partial charge in [-0.2, -0.15) is 0 Å². The molecular formula is C11H14N4O2S. The predicted octanol–water partition coefficient (Wildman–Crippen LogP) is 0.506. The van der Waals surface area contributed by atoms with Crippen LogP contribution in [0.5, 0.6) is 0 Å². The maximum Gasteiger partial charge on any atom is 0.332 e. The Morgan fingerprint density at radius 3 is 2.56 bits per heavy atom. The molecule has 0 amide bonds. The fourth-order valence-electron chi connectivity index (χ4n) is 2.22. The van der Waals surface area contributed by atoms with Gasteiger partial charge < -0.3 is 9.55 Å². The molecule has 2 aromatic rings. The molecule has 2 heterocycles. The Kier molecular flexibility index (Phi) is 2.34. The summed E-state index contributed by atoms with van der Waals surface area (Å²) in [6, 6.07) is 0. The molecule has 18 heavy (non-hydrogen) atoms. The number of nitrogens with zero attached hydrogens (tertiary/aromatic N) is 3. The second-order valence-corrected chi connectivity index (χ2v) is 5.27. The van der Waals surface area contributed by atoms with E-state index in [1.807, 2.05) is 4.57 Å². The molecule has 0 radical (unpaired) electrons. The summed E-state index contributed by atoms with van der Waals surface area (Å²) in [5.41, 5.74) is 0.369. The van der Waals surface area contributed by atoms with Gasteiger partial charge in [0.15, 0.2) is 10.3 Å². The van der Waals surface area contributed by atoms with Crippen molar-refractivity contribution in [3.05, 3.63) is 25.6 Å². The first-order valence-corrected chi connectivity index (χ1v) is 6.30. The second kappa shape index (κ2) is 3.68. The molecule has 6 nitrogen and oxygen atoms in total. The van der Waals surface area contributed by atoms with Crippen molar-refractivity contribution in [3.63, 3.8) is 0 Å². The number of hydrogen-bond donors (Lipinski definition) is 1. The van der Waals surface area contributed by atoms with Crippen LogP contribution in [0.3, 0.4) is 0 Å². The van der Waals surface area contributed by atoms with E-state index in [0.717, 1.165) is 11.1 Å². The van der Waals surface area contributed by atoms with Crippen LogP contribution in [0.2, 0.25) is 0 Å². The van der Waals surface area contributed by atoms with Crippen LogP contribution in [0.4, 0.5) is 0 Å². The third kappa shape index (κ3) is 1.50. The van der Waals surface area contributed by atoms with Gasteiger partial charge >= 0.3 is 5.69 Å². The minimum Gasteiger partial charge on any atom is -0.316 e. The lowest BCUT2D eigenvalue weighted by molar-refractivity contribution is 0.628. The van der Waals surface area contributed by atoms with Gasteiger partial charge in [-0.05, 0) is 31.0 Å². The van der Waals surface area contributed by atoms with E-state index >= 15 is 0 Å². The Balaban J connectivity index is 2.44. The zero-order valence-corrected chi connectivity index (χ0v) is 11.1. The number of nitrogens with one attached hydrogen (secondary N) is 1. The van der Waals surface area contributed by atoms with Crippen molar-refractivity contribution in [1.82, 2.24) is 18.7 Å². The summed E-state index contributed by atoms with van der Waals surface area (Å²) in [7, 11) is 3.12. The molecule has 2 aromatic heterocycles. The van der Waals surface area contributed by atoms with Crippen LogP contribution < -0.4 is 11.2 Å². The molecule has 1 N–H and O–H groups in total. The number of H-pyrrole nitrogens is 1. The molecule has 1 fully saturated rings. The molecule has 3 rings (SSSR count). The minimum absolute atomic E-state index is 0.291. The predicted molar refractivity (Wildman–Crippen MR) is 70.3 cm³/mol. The van der Waals surface area contributed by atoms with Crippen molar-refractivity contribution < 1.29 is 0 Å². The average Bonchev–Trinajstić information content (AvgIpc) is 3.09. The molecule has 0 bridgehead atoms. The highest BCUT2D eigenvalue weighted by Gasteiger charge is 2.24. The van der Waals surface area contributed by atoms with Crippen molar-refractivity contribution in [2.24, 2.45) is 20.0 Å². The summed E-state index contributed by atoms with van der Waals surface area (Å²) in [6.07, 6.45) is 2.36. The molecular weight excluding hydrogens is 252 g/mol. The van der Waals surface area contributed by atoms with E-state index in [2.05, 4.69) is 4.98 Å². The van der Waals surface area contributed by atoms with E-state index in [9.17, 15) is 9.59 Å². The van der Waals surface area contributed by atoms with Gasteiger partial charge in [0.1, 0.15) is 5.65 Å². The molecule has 1 aliphatic rings. The molecule has 0 unspecified atom stereocenters. The Morgan fingerprint density at radius 1 is 1.28 bits per heavy atom. The normalized spacial score (nSPS) is 15.4. The van der Waals surface area contributed by atoms with Crippen LogP contribution in [0, 0.1) is 10.7 Å². The third-order valence-electron chi connectivity index (χ3n) is 3.52. The van der Waals surface area contributed by atoms with Crippen LogP contribution in [0.1, 0.15) is 12.8 Å². The summed E-state index contributed by atoms with van der Waals surface area (Å²) < 4.78 is 4.88. The Morgan fingerprint density at radius 2 is 1.94 bits per heavy atom. The van der Waals surface area contributed by atoms with Gasteiger partial charge in [0.2, 0.25) is 0 Å². The summed E-state index contributed by atoms with van der Waals surface area (Å²) in [5, 5.41) is 0. The minimum atomic E-state index is -0.345. The fourth-order valence-corrected chi connectivity index (χ4v) is 2.48. The lowest BCUT2D eigenvalue weighted by atomic mass is 10.4. The highest BCUT2D eigenvalue weighted by atomic mass is 32.1. The first kappa shape index (κ1) is 11.5. The molecule has 0 aliphatic heterocycles. The number of hydrogen-bond acceptors (Lipinski definition) is 3. The monoisotopic (exact) mass is 266 g/mol. The highest BCUT2D eigenvalue weighted by Crippen LogP contribution is 2.31. The maximum absolute atomic E-state index is 12.2. The summed E-state index contributed by atoms with van der Waals surface area (Å²) >= 11 is 5.25. The van der Waals surface area contributed by atoms with Crippen LogP contribution in [0.15, 0.2) is 9.59 Å². The van der Waals surface area contributed by atoms with E-state index in [-0.39, 0.29) is 11.2 Å². The molecule has 0 saturated heterocycles. The number of aromatic nitrogens is 4. The fraction of sp³-hybridized carbons (Fsp3) is 0.545. The Labute approximate surface area is 107 Å². The average molecular weight is 266 g/mol. The quantitative estimate of drug-likeness (QED) is 0.805. The summed E-state index contributed by atoms with van der Waals surface area (Å²) in [5.74, 6) is 0.609. The highest BCUT2D eigenvalue weighted by molar-refractivity contribution is 7.71. The SMILES string of the molecule is Cn1c(=O)c2c([nH]c(=S)n2CC2CC2)n(C)c1=O. The Bertz CT molecular complexity index is 803. The third-order valence-corrected chi connectivity index (χ3v) is 3.84. The van der Waals surface area contributed by atoms with Crippen LogP contribution in [0.25, 0.3) is 11.2 Å². The maximum atomic E-state index is 12.2. The van der Waals surface area contributed by atoms with E-state index in [0.29, 0.717) is 21.9 Å². The molecule has 1 saturated carbocycles. The lowest BCUT2D eigenvalue weighted by Crippen LogP contribution is -2.37. The van der Waals surface area contributed by atoms with E-state index < -0.39 is 0 Å². The van der Waals surface area contributed by atoms with Crippen LogP contribution in [-0.4, -0.2) is 18.7 Å². The van der Waals surface area contributed by atoms with Crippen molar-refractivity contribution >= 4 is 23.4 Å². The number of fused-ring (bicyclic) bond motifs is 1. The van der Waals surface area contributed by atoms with E-state index in [1.165, 1.54) is 24.5 Å². The van der Waals surface area contributed by atoms with E-state index in [1.54, 1.807) is 7.05 Å². The first-order valence-electron chi connectivity index (χ1n) is 5.89. The Hall–Kier alpha value is -1.63. The summed E-state index contributed by atoms with van der Waals surface area (Å²) in [4.78, 5) is 27.0. The van der Waals surface area contributed by atoms with Crippen LogP contribution >= 0.6 is 12.2 Å². The molecule has 96 valence electrons.